The van der Waals surface area contributed by atoms with Crippen LogP contribution in [-0.2, 0) is 20.7 Å². The molecule has 0 unspecified atom stereocenters. The van der Waals surface area contributed by atoms with E-state index in [0.717, 1.165) is 10.0 Å². The molecule has 0 aliphatic carbocycles. The summed E-state index contributed by atoms with van der Waals surface area (Å²) in [5.74, 6) is -0.497. The first-order valence-corrected chi connectivity index (χ1v) is 4.89. The molecule has 0 bridgehead atoms. The Morgan fingerprint density at radius 2 is 2.00 bits per heavy atom. The minimum Gasteiger partial charge on any atom is -0.395 e. The molecule has 1 aromatic carbocycles. The third-order valence-electron chi connectivity index (χ3n) is 1.71. The number of ether oxygens (including phenoxy) is 1. The van der Waals surface area contributed by atoms with E-state index in [1.807, 2.05) is 24.3 Å². The first kappa shape index (κ1) is 10.9. The number of hydrogen-bond donors (Lipinski definition) is 0. The van der Waals surface area contributed by atoms with Crippen LogP contribution in [-0.4, -0.2) is 12.4 Å². The van der Waals surface area contributed by atoms with Crippen LogP contribution in [0.25, 0.3) is 0 Å². The molecule has 0 radical (unpaired) electrons. The highest BCUT2D eigenvalue weighted by atomic mass is 79.9. The van der Waals surface area contributed by atoms with Crippen LogP contribution in [0.5, 0.6) is 0 Å². The minimum atomic E-state index is -0.497. The molecule has 0 aromatic heterocycles. The van der Waals surface area contributed by atoms with Crippen molar-refractivity contribution in [2.24, 2.45) is 0 Å². The van der Waals surface area contributed by atoms with Gasteiger partial charge < -0.3 is 4.74 Å². The van der Waals surface area contributed by atoms with Crippen molar-refractivity contribution >= 4 is 28.4 Å². The molecule has 0 amide bonds. The van der Waals surface area contributed by atoms with E-state index in [0.29, 0.717) is 6.42 Å². The topological polar surface area (TPSA) is 43.4 Å². The van der Waals surface area contributed by atoms with E-state index < -0.39 is 5.97 Å². The summed E-state index contributed by atoms with van der Waals surface area (Å²) in [6.45, 7) is 0.157. The lowest BCUT2D eigenvalue weighted by atomic mass is 10.1. The molecule has 0 saturated carbocycles. The molecule has 0 atom stereocenters. The van der Waals surface area contributed by atoms with Crippen LogP contribution < -0.4 is 0 Å². The van der Waals surface area contributed by atoms with Gasteiger partial charge in [0.15, 0.2) is 0 Å². The van der Waals surface area contributed by atoms with Crippen molar-refractivity contribution in [2.75, 3.05) is 0 Å². The van der Waals surface area contributed by atoms with Crippen molar-refractivity contribution < 1.29 is 14.3 Å². The van der Waals surface area contributed by atoms with Crippen molar-refractivity contribution in [3.05, 3.63) is 34.3 Å². The quantitative estimate of drug-likeness (QED) is 0.471. The molecule has 0 aliphatic heterocycles. The Morgan fingerprint density at radius 3 is 2.57 bits per heavy atom. The Balaban J connectivity index is 2.41. The zero-order valence-electron chi connectivity index (χ0n) is 7.40. The molecular weight excluding hydrogens is 248 g/mol. The summed E-state index contributed by atoms with van der Waals surface area (Å²) in [7, 11) is 0. The van der Waals surface area contributed by atoms with Gasteiger partial charge in [-0.2, -0.15) is 0 Å². The highest BCUT2D eigenvalue weighted by Gasteiger charge is 2.02. The number of rotatable bonds is 4. The average molecular weight is 257 g/mol. The molecule has 0 aliphatic rings. The van der Waals surface area contributed by atoms with Gasteiger partial charge >= 0.3 is 12.4 Å². The molecule has 14 heavy (non-hydrogen) atoms. The molecule has 0 N–H and O–H groups in total. The highest BCUT2D eigenvalue weighted by molar-refractivity contribution is 9.10. The van der Waals surface area contributed by atoms with Crippen LogP contribution >= 0.6 is 15.9 Å². The molecular formula is C10H9BrO3. The Kier molecular flexibility index (Phi) is 4.32. The number of esters is 1. The molecule has 3 nitrogen and oxygen atoms in total. The van der Waals surface area contributed by atoms with Crippen LogP contribution in [0.3, 0.4) is 0 Å². The molecule has 0 fully saturated rings. The van der Waals surface area contributed by atoms with Gasteiger partial charge in [0.2, 0.25) is 0 Å². The van der Waals surface area contributed by atoms with Crippen molar-refractivity contribution in [3.8, 4) is 0 Å². The first-order valence-electron chi connectivity index (χ1n) is 4.10. The van der Waals surface area contributed by atoms with Gasteiger partial charge in [-0.1, -0.05) is 28.1 Å². The van der Waals surface area contributed by atoms with Gasteiger partial charge in [-0.25, -0.2) is 0 Å². The second-order valence-electron chi connectivity index (χ2n) is 2.71. The SMILES string of the molecule is O=COC(=O)CCc1ccc(Br)cc1. The number of carbonyl (C=O) groups excluding carboxylic acids is 2. The molecule has 0 spiro atoms. The van der Waals surface area contributed by atoms with Crippen LogP contribution in [0, 0.1) is 0 Å². The summed E-state index contributed by atoms with van der Waals surface area (Å²) >= 11 is 3.31. The van der Waals surface area contributed by atoms with Crippen molar-refractivity contribution in [2.45, 2.75) is 12.8 Å². The van der Waals surface area contributed by atoms with E-state index in [9.17, 15) is 9.59 Å². The number of benzene rings is 1. The maximum Gasteiger partial charge on any atom is 0.313 e. The predicted molar refractivity (Wildman–Crippen MR) is 54.6 cm³/mol. The fourth-order valence-corrected chi connectivity index (χ4v) is 1.27. The number of aryl methyl sites for hydroxylation is 1. The van der Waals surface area contributed by atoms with Crippen LogP contribution in [0.2, 0.25) is 0 Å². The van der Waals surface area contributed by atoms with Gasteiger partial charge in [0, 0.05) is 4.47 Å². The third kappa shape index (κ3) is 3.70. The normalized spacial score (nSPS) is 9.50. The molecule has 0 heterocycles. The second kappa shape index (κ2) is 5.54. The Morgan fingerprint density at radius 1 is 1.36 bits per heavy atom. The van der Waals surface area contributed by atoms with Gasteiger partial charge in [0.25, 0.3) is 0 Å². The van der Waals surface area contributed by atoms with Crippen molar-refractivity contribution in [1.82, 2.24) is 0 Å². The Labute approximate surface area is 90.2 Å². The highest BCUT2D eigenvalue weighted by Crippen LogP contribution is 2.11. The summed E-state index contributed by atoms with van der Waals surface area (Å²) in [6.07, 6.45) is 0.806. The Hall–Kier alpha value is -1.16. The lowest BCUT2D eigenvalue weighted by Crippen LogP contribution is -2.03. The van der Waals surface area contributed by atoms with Crippen LogP contribution in [0.15, 0.2) is 28.7 Å². The Bertz CT molecular complexity index is 319. The monoisotopic (exact) mass is 256 g/mol. The maximum atomic E-state index is 10.8. The molecule has 0 saturated heterocycles. The summed E-state index contributed by atoms with van der Waals surface area (Å²) < 4.78 is 5.16. The number of carbonyl (C=O) groups is 2. The van der Waals surface area contributed by atoms with Crippen LogP contribution in [0.1, 0.15) is 12.0 Å². The number of halogens is 1. The van der Waals surface area contributed by atoms with E-state index in [1.54, 1.807) is 0 Å². The molecule has 74 valence electrons. The average Bonchev–Trinajstić information content (AvgIpc) is 2.17. The zero-order valence-corrected chi connectivity index (χ0v) is 8.99. The second-order valence-corrected chi connectivity index (χ2v) is 3.63. The number of hydrogen-bond acceptors (Lipinski definition) is 3. The van der Waals surface area contributed by atoms with E-state index in [-0.39, 0.29) is 12.9 Å². The van der Waals surface area contributed by atoms with E-state index in [2.05, 4.69) is 20.7 Å². The van der Waals surface area contributed by atoms with E-state index in [1.165, 1.54) is 0 Å². The van der Waals surface area contributed by atoms with Gasteiger partial charge in [0.05, 0.1) is 6.42 Å². The molecule has 1 rings (SSSR count). The minimum absolute atomic E-state index is 0.157. The summed E-state index contributed by atoms with van der Waals surface area (Å²) in [5, 5.41) is 0. The smallest absolute Gasteiger partial charge is 0.313 e. The standard InChI is InChI=1S/C10H9BrO3/c11-9-4-1-8(2-5-9)3-6-10(13)14-7-12/h1-2,4-5,7H,3,6H2. The molecule has 4 heteroatoms. The van der Waals surface area contributed by atoms with Gasteiger partial charge in [-0.05, 0) is 24.1 Å². The largest absolute Gasteiger partial charge is 0.395 e. The first-order chi connectivity index (χ1) is 6.72. The van der Waals surface area contributed by atoms with E-state index in [4.69, 9.17) is 0 Å². The van der Waals surface area contributed by atoms with Crippen molar-refractivity contribution in [3.63, 3.8) is 0 Å². The molecule has 1 aromatic rings. The van der Waals surface area contributed by atoms with Gasteiger partial charge in [0.1, 0.15) is 0 Å². The fraction of sp³-hybridized carbons (Fsp3) is 0.200. The lowest BCUT2D eigenvalue weighted by molar-refractivity contribution is -0.151. The lowest BCUT2D eigenvalue weighted by Gasteiger charge is -1.99. The predicted octanol–water partition coefficient (Wildman–Crippen LogP) is 2.08. The van der Waals surface area contributed by atoms with E-state index >= 15 is 0 Å². The zero-order chi connectivity index (χ0) is 10.4. The van der Waals surface area contributed by atoms with Crippen LogP contribution in [0.4, 0.5) is 0 Å². The van der Waals surface area contributed by atoms with Gasteiger partial charge in [-0.15, -0.1) is 0 Å². The summed E-state index contributed by atoms with van der Waals surface area (Å²) in [4.78, 5) is 20.6. The maximum absolute atomic E-state index is 10.8. The summed E-state index contributed by atoms with van der Waals surface area (Å²) in [5.41, 5.74) is 1.04. The van der Waals surface area contributed by atoms with Crippen molar-refractivity contribution in [1.29, 1.82) is 0 Å². The summed E-state index contributed by atoms with van der Waals surface area (Å²) in [6, 6.07) is 7.64. The van der Waals surface area contributed by atoms with Gasteiger partial charge in [-0.3, -0.25) is 9.59 Å². The third-order valence-corrected chi connectivity index (χ3v) is 2.24. The fourth-order valence-electron chi connectivity index (χ4n) is 1.01.